The third-order valence-electron chi connectivity index (χ3n) is 1.89. The van der Waals surface area contributed by atoms with Crippen LogP contribution < -0.4 is 5.32 Å². The topological polar surface area (TPSA) is 12.0 Å². The van der Waals surface area contributed by atoms with Crippen molar-refractivity contribution < 1.29 is 8.78 Å². The van der Waals surface area contributed by atoms with Crippen molar-refractivity contribution in [2.45, 2.75) is 12.6 Å². The van der Waals surface area contributed by atoms with Crippen molar-refractivity contribution in [2.75, 3.05) is 13.6 Å². The van der Waals surface area contributed by atoms with Gasteiger partial charge in [-0.15, -0.1) is 0 Å². The van der Waals surface area contributed by atoms with E-state index >= 15 is 0 Å². The molecule has 0 aliphatic rings. The predicted molar refractivity (Wildman–Crippen MR) is 48.8 cm³/mol. The summed E-state index contributed by atoms with van der Waals surface area (Å²) in [6.07, 6.45) is -0.911. The average molecular weight is 185 g/mol. The van der Waals surface area contributed by atoms with Gasteiger partial charge in [0.25, 0.3) is 0 Å². The molecule has 0 radical (unpaired) electrons. The van der Waals surface area contributed by atoms with Gasteiger partial charge in [0, 0.05) is 5.56 Å². The quantitative estimate of drug-likeness (QED) is 0.759. The lowest BCUT2D eigenvalue weighted by Crippen LogP contribution is -2.10. The van der Waals surface area contributed by atoms with Crippen molar-refractivity contribution in [3.8, 4) is 0 Å². The summed E-state index contributed by atoms with van der Waals surface area (Å²) in [5, 5.41) is 2.83. The lowest BCUT2D eigenvalue weighted by Gasteiger charge is -2.08. The first-order chi connectivity index (χ1) is 6.25. The van der Waals surface area contributed by atoms with Crippen LogP contribution in [0.15, 0.2) is 24.3 Å². The van der Waals surface area contributed by atoms with Crippen LogP contribution in [0.4, 0.5) is 8.78 Å². The number of rotatable bonds is 4. The first kappa shape index (κ1) is 10.1. The van der Waals surface area contributed by atoms with Crippen molar-refractivity contribution in [1.29, 1.82) is 0 Å². The van der Waals surface area contributed by atoms with Crippen molar-refractivity contribution in [3.63, 3.8) is 0 Å². The van der Waals surface area contributed by atoms with E-state index in [0.717, 1.165) is 0 Å². The molecule has 1 unspecified atom stereocenters. The molecule has 0 aliphatic carbocycles. The van der Waals surface area contributed by atoms with Crippen LogP contribution in [0.3, 0.4) is 0 Å². The summed E-state index contributed by atoms with van der Waals surface area (Å²) in [6, 6.07) is 5.96. The average Bonchev–Trinajstić information content (AvgIpc) is 2.15. The highest BCUT2D eigenvalue weighted by atomic mass is 19.1. The molecule has 0 heterocycles. The molecule has 1 nitrogen and oxygen atoms in total. The lowest BCUT2D eigenvalue weighted by molar-refractivity contribution is 0.312. The van der Waals surface area contributed by atoms with Crippen LogP contribution in [0.2, 0.25) is 0 Å². The van der Waals surface area contributed by atoms with Crippen LogP contribution in [-0.2, 0) is 0 Å². The molecule has 1 atom stereocenters. The highest BCUT2D eigenvalue weighted by Crippen LogP contribution is 2.22. The maximum absolute atomic E-state index is 13.3. The SMILES string of the molecule is CNCCC(F)c1ccccc1F. The van der Waals surface area contributed by atoms with E-state index < -0.39 is 12.0 Å². The molecule has 0 amide bonds. The Kier molecular flexibility index (Phi) is 3.83. The number of alkyl halides is 1. The number of hydrogen-bond donors (Lipinski definition) is 1. The number of hydrogen-bond acceptors (Lipinski definition) is 1. The lowest BCUT2D eigenvalue weighted by atomic mass is 10.1. The molecule has 0 saturated heterocycles. The fraction of sp³-hybridized carbons (Fsp3) is 0.400. The molecule has 1 aromatic rings. The van der Waals surface area contributed by atoms with Crippen LogP contribution in [-0.4, -0.2) is 13.6 Å². The second kappa shape index (κ2) is 4.92. The van der Waals surface area contributed by atoms with E-state index in [0.29, 0.717) is 13.0 Å². The Labute approximate surface area is 76.8 Å². The van der Waals surface area contributed by atoms with E-state index in [4.69, 9.17) is 0 Å². The Bertz CT molecular complexity index is 263. The monoisotopic (exact) mass is 185 g/mol. The number of halogens is 2. The summed E-state index contributed by atoms with van der Waals surface area (Å²) in [5.41, 5.74) is 0.151. The van der Waals surface area contributed by atoms with Gasteiger partial charge < -0.3 is 5.32 Å². The number of nitrogens with one attached hydrogen (secondary N) is 1. The minimum absolute atomic E-state index is 0.151. The van der Waals surface area contributed by atoms with Gasteiger partial charge in [0.2, 0.25) is 0 Å². The van der Waals surface area contributed by atoms with E-state index in [1.165, 1.54) is 12.1 Å². The first-order valence-corrected chi connectivity index (χ1v) is 4.29. The van der Waals surface area contributed by atoms with Gasteiger partial charge in [-0.25, -0.2) is 8.78 Å². The van der Waals surface area contributed by atoms with E-state index in [1.54, 1.807) is 19.2 Å². The molecular weight excluding hydrogens is 172 g/mol. The van der Waals surface area contributed by atoms with Crippen molar-refractivity contribution in [2.24, 2.45) is 0 Å². The Morgan fingerprint density at radius 1 is 1.38 bits per heavy atom. The molecule has 0 bridgehead atoms. The summed E-state index contributed by atoms with van der Waals surface area (Å²) in [5.74, 6) is -0.467. The van der Waals surface area contributed by atoms with E-state index in [1.807, 2.05) is 0 Å². The predicted octanol–water partition coefficient (Wildman–Crippen LogP) is 2.45. The van der Waals surface area contributed by atoms with Gasteiger partial charge in [0.1, 0.15) is 12.0 Å². The summed E-state index contributed by atoms with van der Waals surface area (Å²) in [4.78, 5) is 0. The molecule has 1 rings (SSSR count). The second-order valence-electron chi connectivity index (χ2n) is 2.88. The van der Waals surface area contributed by atoms with Crippen molar-refractivity contribution >= 4 is 0 Å². The Hall–Kier alpha value is -0.960. The first-order valence-electron chi connectivity index (χ1n) is 4.29. The zero-order valence-corrected chi connectivity index (χ0v) is 7.56. The van der Waals surface area contributed by atoms with Crippen molar-refractivity contribution in [3.05, 3.63) is 35.6 Å². The summed E-state index contributed by atoms with van der Waals surface area (Å²) in [7, 11) is 1.74. The van der Waals surface area contributed by atoms with Gasteiger partial charge >= 0.3 is 0 Å². The zero-order chi connectivity index (χ0) is 9.68. The standard InChI is InChI=1S/C10H13F2N/c1-13-7-6-10(12)8-4-2-3-5-9(8)11/h2-5,10,13H,6-7H2,1H3. The second-order valence-corrected chi connectivity index (χ2v) is 2.88. The van der Waals surface area contributed by atoms with Gasteiger partial charge in [-0.05, 0) is 26.1 Å². The highest BCUT2D eigenvalue weighted by Gasteiger charge is 2.12. The Morgan fingerprint density at radius 3 is 2.69 bits per heavy atom. The van der Waals surface area contributed by atoms with Gasteiger partial charge in [-0.2, -0.15) is 0 Å². The molecule has 0 saturated carbocycles. The fourth-order valence-electron chi connectivity index (χ4n) is 1.16. The summed E-state index contributed by atoms with van der Waals surface area (Å²) in [6.45, 7) is 0.551. The van der Waals surface area contributed by atoms with E-state index in [2.05, 4.69) is 5.32 Å². The third kappa shape index (κ3) is 2.77. The van der Waals surface area contributed by atoms with Crippen LogP contribution in [0, 0.1) is 5.82 Å². The maximum atomic E-state index is 13.3. The fourth-order valence-corrected chi connectivity index (χ4v) is 1.16. The molecular formula is C10H13F2N. The molecule has 72 valence electrons. The Balaban J connectivity index is 2.65. The summed E-state index contributed by atoms with van der Waals surface area (Å²) >= 11 is 0. The van der Waals surface area contributed by atoms with Gasteiger partial charge in [0.05, 0.1) is 0 Å². The van der Waals surface area contributed by atoms with Gasteiger partial charge in [0.15, 0.2) is 0 Å². The normalized spacial score (nSPS) is 12.8. The molecule has 0 aliphatic heterocycles. The van der Waals surface area contributed by atoms with E-state index in [-0.39, 0.29) is 5.56 Å². The van der Waals surface area contributed by atoms with Gasteiger partial charge in [-0.1, -0.05) is 18.2 Å². The molecule has 0 aromatic heterocycles. The van der Waals surface area contributed by atoms with Crippen LogP contribution in [0.5, 0.6) is 0 Å². The smallest absolute Gasteiger partial charge is 0.129 e. The molecule has 1 N–H and O–H groups in total. The van der Waals surface area contributed by atoms with E-state index in [9.17, 15) is 8.78 Å². The molecule has 3 heteroatoms. The Morgan fingerprint density at radius 2 is 2.08 bits per heavy atom. The third-order valence-corrected chi connectivity index (χ3v) is 1.89. The minimum Gasteiger partial charge on any atom is -0.320 e. The minimum atomic E-state index is -1.21. The van der Waals surface area contributed by atoms with Crippen LogP contribution >= 0.6 is 0 Å². The summed E-state index contributed by atoms with van der Waals surface area (Å²) < 4.78 is 26.3. The number of benzene rings is 1. The highest BCUT2D eigenvalue weighted by molar-refractivity contribution is 5.19. The molecule has 0 spiro atoms. The maximum Gasteiger partial charge on any atom is 0.129 e. The molecule has 0 fully saturated rings. The van der Waals surface area contributed by atoms with Crippen LogP contribution in [0.25, 0.3) is 0 Å². The van der Waals surface area contributed by atoms with Gasteiger partial charge in [-0.3, -0.25) is 0 Å². The van der Waals surface area contributed by atoms with Crippen LogP contribution in [0.1, 0.15) is 18.2 Å². The zero-order valence-electron chi connectivity index (χ0n) is 7.56. The molecule has 1 aromatic carbocycles. The molecule has 13 heavy (non-hydrogen) atoms. The largest absolute Gasteiger partial charge is 0.320 e. The van der Waals surface area contributed by atoms with Crippen molar-refractivity contribution in [1.82, 2.24) is 5.32 Å².